The molecule has 0 spiro atoms. The van der Waals surface area contributed by atoms with E-state index in [0.717, 1.165) is 69.0 Å². The number of rotatable bonds is 8. The molecule has 5 rings (SSSR count). The van der Waals surface area contributed by atoms with Gasteiger partial charge in [-0.05, 0) is 42.5 Å². The Morgan fingerprint density at radius 2 is 1.58 bits per heavy atom. The first kappa shape index (κ1) is 24.4. The minimum absolute atomic E-state index is 0.795. The molecule has 3 aromatic rings. The van der Waals surface area contributed by atoms with E-state index in [0.29, 0.717) is 0 Å². The van der Waals surface area contributed by atoms with Crippen LogP contribution in [0.15, 0.2) is 48.5 Å². The maximum absolute atomic E-state index is 5.49. The summed E-state index contributed by atoms with van der Waals surface area (Å²) in [5.41, 5.74) is 4.94. The third-order valence-corrected chi connectivity index (χ3v) is 7.18. The maximum atomic E-state index is 5.49. The van der Waals surface area contributed by atoms with Crippen molar-refractivity contribution in [3.05, 3.63) is 70.9 Å². The number of benzene rings is 2. The molecule has 0 unspecified atom stereocenters. The quantitative estimate of drug-likeness (QED) is 0.457. The van der Waals surface area contributed by atoms with Crippen molar-refractivity contribution in [2.24, 2.45) is 0 Å². The van der Waals surface area contributed by atoms with Crippen molar-refractivity contribution in [3.8, 4) is 11.5 Å². The van der Waals surface area contributed by atoms with E-state index in [1.54, 1.807) is 14.2 Å². The van der Waals surface area contributed by atoms with Crippen molar-refractivity contribution in [2.45, 2.75) is 45.3 Å². The highest BCUT2D eigenvalue weighted by molar-refractivity contribution is 5.54. The molecule has 1 saturated heterocycles. The van der Waals surface area contributed by atoms with Crippen LogP contribution in [-0.2, 0) is 26.1 Å². The topological polar surface area (TPSA) is 54.0 Å². The highest BCUT2D eigenvalue weighted by Crippen LogP contribution is 2.32. The molecule has 2 aliphatic heterocycles. The third kappa shape index (κ3) is 5.57. The zero-order chi connectivity index (χ0) is 24.9. The molecule has 1 fully saturated rings. The first-order valence-corrected chi connectivity index (χ1v) is 13.0. The zero-order valence-corrected chi connectivity index (χ0v) is 21.7. The number of anilines is 2. The van der Waals surface area contributed by atoms with Gasteiger partial charge in [-0.15, -0.1) is 0 Å². The van der Waals surface area contributed by atoms with E-state index in [1.165, 1.54) is 41.6 Å². The molecule has 0 aliphatic carbocycles. The number of piperidine rings is 1. The van der Waals surface area contributed by atoms with Gasteiger partial charge in [0.25, 0.3) is 0 Å². The Kier molecular flexibility index (Phi) is 7.56. The van der Waals surface area contributed by atoms with E-state index in [1.807, 2.05) is 6.07 Å². The number of fused-ring (bicyclic) bond motifs is 1. The van der Waals surface area contributed by atoms with Gasteiger partial charge in [0.15, 0.2) is 0 Å². The molecule has 190 valence electrons. The number of hydrogen-bond acceptors (Lipinski definition) is 7. The molecule has 2 aromatic carbocycles. The van der Waals surface area contributed by atoms with Crippen molar-refractivity contribution in [1.29, 1.82) is 0 Å². The summed E-state index contributed by atoms with van der Waals surface area (Å²) in [6, 6.07) is 16.7. The van der Waals surface area contributed by atoms with Crippen LogP contribution < -0.4 is 19.3 Å². The van der Waals surface area contributed by atoms with E-state index in [9.17, 15) is 0 Å². The van der Waals surface area contributed by atoms with E-state index in [-0.39, 0.29) is 0 Å². The van der Waals surface area contributed by atoms with Crippen LogP contribution >= 0.6 is 0 Å². The molecule has 0 radical (unpaired) electrons. The second-order valence-corrected chi connectivity index (χ2v) is 9.84. The van der Waals surface area contributed by atoms with Crippen molar-refractivity contribution >= 4 is 11.8 Å². The summed E-state index contributed by atoms with van der Waals surface area (Å²) in [7, 11) is 5.49. The summed E-state index contributed by atoms with van der Waals surface area (Å²) in [6.45, 7) is 5.58. The molecule has 0 atom stereocenters. The summed E-state index contributed by atoms with van der Waals surface area (Å²) >= 11 is 0. The van der Waals surface area contributed by atoms with E-state index in [4.69, 9.17) is 19.4 Å². The fraction of sp³-hybridized carbons (Fsp3) is 0.448. The zero-order valence-electron chi connectivity index (χ0n) is 21.7. The third-order valence-electron chi connectivity index (χ3n) is 7.18. The van der Waals surface area contributed by atoms with Crippen molar-refractivity contribution in [3.63, 3.8) is 0 Å². The molecule has 7 nitrogen and oxygen atoms in total. The van der Waals surface area contributed by atoms with Crippen LogP contribution in [0.4, 0.5) is 11.8 Å². The lowest BCUT2D eigenvalue weighted by Crippen LogP contribution is -2.37. The minimum atomic E-state index is 0.795. The molecule has 2 aliphatic rings. The molecule has 0 saturated carbocycles. The Balaban J connectivity index is 1.41. The lowest BCUT2D eigenvalue weighted by atomic mass is 10.0. The minimum Gasteiger partial charge on any atom is -0.497 e. The van der Waals surface area contributed by atoms with Crippen LogP contribution in [0.1, 0.15) is 41.6 Å². The molecular formula is C29H37N5O2. The SMILES string of the molecule is COc1cc(CN2CCc3nc(N(C)Cc4ccccc4)nc(N4CCCCC4)c3C2)cc(OC)c1. The van der Waals surface area contributed by atoms with Gasteiger partial charge >= 0.3 is 0 Å². The predicted octanol–water partition coefficient (Wildman–Crippen LogP) is 4.68. The van der Waals surface area contributed by atoms with Crippen LogP contribution in [0, 0.1) is 0 Å². The van der Waals surface area contributed by atoms with Gasteiger partial charge in [-0.25, -0.2) is 4.98 Å². The van der Waals surface area contributed by atoms with Gasteiger partial charge in [0.05, 0.1) is 19.9 Å². The maximum Gasteiger partial charge on any atom is 0.227 e. The Bertz CT molecular complexity index is 1140. The normalized spacial score (nSPS) is 15.9. The van der Waals surface area contributed by atoms with Crippen LogP contribution in [0.2, 0.25) is 0 Å². The standard InChI is InChI=1S/C29H37N5O2/c1-32(19-22-10-6-4-7-11-22)29-30-27-12-15-33(20-23-16-24(35-2)18-25(17-23)36-3)21-26(27)28(31-29)34-13-8-5-9-14-34/h4,6-7,10-11,16-18H,5,8-9,12-15,19-21H2,1-3H3. The van der Waals surface area contributed by atoms with E-state index >= 15 is 0 Å². The summed E-state index contributed by atoms with van der Waals surface area (Å²) in [4.78, 5) is 17.4. The summed E-state index contributed by atoms with van der Waals surface area (Å²) in [5.74, 6) is 3.60. The number of nitrogens with zero attached hydrogens (tertiary/aromatic N) is 5. The summed E-state index contributed by atoms with van der Waals surface area (Å²) in [6.07, 6.45) is 4.67. The molecule has 3 heterocycles. The highest BCUT2D eigenvalue weighted by atomic mass is 16.5. The smallest absolute Gasteiger partial charge is 0.227 e. The molecule has 7 heteroatoms. The van der Waals surface area contributed by atoms with Gasteiger partial charge in [0.1, 0.15) is 17.3 Å². The lowest BCUT2D eigenvalue weighted by Gasteiger charge is -2.35. The van der Waals surface area contributed by atoms with E-state index in [2.05, 4.69) is 64.2 Å². The average molecular weight is 488 g/mol. The van der Waals surface area contributed by atoms with Crippen molar-refractivity contribution < 1.29 is 9.47 Å². The Hall–Kier alpha value is -3.32. The summed E-state index contributed by atoms with van der Waals surface area (Å²) < 4.78 is 11.0. The summed E-state index contributed by atoms with van der Waals surface area (Å²) in [5, 5.41) is 0. The van der Waals surface area contributed by atoms with Gasteiger partial charge in [-0.1, -0.05) is 30.3 Å². The molecule has 0 amide bonds. The van der Waals surface area contributed by atoms with Crippen LogP contribution in [0.5, 0.6) is 11.5 Å². The Labute approximate surface area is 214 Å². The van der Waals surface area contributed by atoms with Gasteiger partial charge in [-0.3, -0.25) is 4.90 Å². The van der Waals surface area contributed by atoms with Crippen LogP contribution in [0.3, 0.4) is 0 Å². The Morgan fingerprint density at radius 1 is 0.861 bits per heavy atom. The first-order chi connectivity index (χ1) is 17.6. The Morgan fingerprint density at radius 3 is 2.28 bits per heavy atom. The molecular weight excluding hydrogens is 450 g/mol. The van der Waals surface area contributed by atoms with Crippen LogP contribution in [0.25, 0.3) is 0 Å². The fourth-order valence-corrected chi connectivity index (χ4v) is 5.26. The van der Waals surface area contributed by atoms with Crippen LogP contribution in [-0.4, -0.2) is 55.8 Å². The van der Waals surface area contributed by atoms with Gasteiger partial charge in [-0.2, -0.15) is 4.98 Å². The molecule has 0 N–H and O–H groups in total. The highest BCUT2D eigenvalue weighted by Gasteiger charge is 2.27. The molecule has 1 aromatic heterocycles. The van der Waals surface area contributed by atoms with Crippen molar-refractivity contribution in [1.82, 2.24) is 14.9 Å². The lowest BCUT2D eigenvalue weighted by molar-refractivity contribution is 0.242. The van der Waals surface area contributed by atoms with Gasteiger partial charge in [0.2, 0.25) is 5.95 Å². The van der Waals surface area contributed by atoms with Gasteiger partial charge < -0.3 is 19.3 Å². The second-order valence-electron chi connectivity index (χ2n) is 9.84. The largest absolute Gasteiger partial charge is 0.497 e. The van der Waals surface area contributed by atoms with E-state index < -0.39 is 0 Å². The monoisotopic (exact) mass is 487 g/mol. The number of aromatic nitrogens is 2. The number of hydrogen-bond donors (Lipinski definition) is 0. The first-order valence-electron chi connectivity index (χ1n) is 13.0. The average Bonchev–Trinajstić information content (AvgIpc) is 2.93. The number of methoxy groups -OCH3 is 2. The fourth-order valence-electron chi connectivity index (χ4n) is 5.26. The molecule has 0 bridgehead atoms. The predicted molar refractivity (Wildman–Crippen MR) is 144 cm³/mol. The van der Waals surface area contributed by atoms with Gasteiger partial charge in [0, 0.05) is 64.4 Å². The molecule has 36 heavy (non-hydrogen) atoms. The van der Waals surface area contributed by atoms with Crippen molar-refractivity contribution in [2.75, 3.05) is 50.7 Å². The second kappa shape index (κ2) is 11.2. The number of ether oxygens (including phenoxy) is 2.